The highest BCUT2D eigenvalue weighted by molar-refractivity contribution is 5.76. The Kier molecular flexibility index (Phi) is 3.52. The number of aliphatic hydroxyl groups excluding tert-OH is 1. The first-order chi connectivity index (χ1) is 9.75. The van der Waals surface area contributed by atoms with Crippen LogP contribution in [0.3, 0.4) is 0 Å². The molecular formula is C17H18N2O. The molecule has 0 aliphatic rings. The second kappa shape index (κ2) is 5.47. The Labute approximate surface area is 118 Å². The Balaban J connectivity index is 1.95. The van der Waals surface area contributed by atoms with Gasteiger partial charge < -0.3 is 9.67 Å². The lowest BCUT2D eigenvalue weighted by Gasteiger charge is -2.11. The van der Waals surface area contributed by atoms with Gasteiger partial charge in [-0.2, -0.15) is 0 Å². The Hall–Kier alpha value is -2.13. The van der Waals surface area contributed by atoms with Crippen molar-refractivity contribution in [1.29, 1.82) is 0 Å². The van der Waals surface area contributed by atoms with E-state index in [1.54, 1.807) is 6.92 Å². The van der Waals surface area contributed by atoms with E-state index in [1.165, 1.54) is 5.56 Å². The average molecular weight is 266 g/mol. The minimum Gasteiger partial charge on any atom is -0.385 e. The highest BCUT2D eigenvalue weighted by Crippen LogP contribution is 2.21. The van der Waals surface area contributed by atoms with Gasteiger partial charge in [0.1, 0.15) is 11.9 Å². The number of imidazole rings is 1. The number of aryl methyl sites for hydroxylation is 2. The van der Waals surface area contributed by atoms with Crippen molar-refractivity contribution in [3.05, 3.63) is 66.0 Å². The number of rotatable bonds is 4. The molecule has 3 heteroatoms. The number of hydrogen-bond donors (Lipinski definition) is 1. The highest BCUT2D eigenvalue weighted by Gasteiger charge is 2.14. The van der Waals surface area contributed by atoms with E-state index in [-0.39, 0.29) is 0 Å². The van der Waals surface area contributed by atoms with Crippen LogP contribution in [0.4, 0.5) is 0 Å². The highest BCUT2D eigenvalue weighted by atomic mass is 16.3. The molecular weight excluding hydrogens is 248 g/mol. The van der Waals surface area contributed by atoms with Crippen LogP contribution in [0.2, 0.25) is 0 Å². The lowest BCUT2D eigenvalue weighted by molar-refractivity contribution is 0.184. The molecule has 0 spiro atoms. The molecule has 0 fully saturated rings. The summed E-state index contributed by atoms with van der Waals surface area (Å²) < 4.78 is 2.12. The lowest BCUT2D eigenvalue weighted by atomic mass is 10.1. The predicted octanol–water partition coefficient (Wildman–Crippen LogP) is 3.33. The molecule has 0 saturated heterocycles. The molecule has 1 atom stereocenters. The monoisotopic (exact) mass is 266 g/mol. The number of benzene rings is 2. The molecule has 1 aromatic heterocycles. The lowest BCUT2D eigenvalue weighted by Crippen LogP contribution is -2.08. The minimum atomic E-state index is -0.557. The summed E-state index contributed by atoms with van der Waals surface area (Å²) in [5.41, 5.74) is 3.32. The smallest absolute Gasteiger partial charge is 0.138 e. The zero-order valence-corrected chi connectivity index (χ0v) is 11.5. The summed E-state index contributed by atoms with van der Waals surface area (Å²) in [5.74, 6) is 0.738. The standard InChI is InChI=1S/C17H18N2O/c1-13(20)17-18-15-9-5-6-10-16(15)19(17)12-11-14-7-3-2-4-8-14/h2-10,13,20H,11-12H2,1H3. The molecule has 102 valence electrons. The van der Waals surface area contributed by atoms with Gasteiger partial charge in [-0.25, -0.2) is 4.98 Å². The fourth-order valence-electron chi connectivity index (χ4n) is 2.53. The third-order valence-electron chi connectivity index (χ3n) is 3.52. The first-order valence-corrected chi connectivity index (χ1v) is 6.93. The van der Waals surface area contributed by atoms with E-state index in [2.05, 4.69) is 39.9 Å². The predicted molar refractivity (Wildman–Crippen MR) is 80.5 cm³/mol. The van der Waals surface area contributed by atoms with Gasteiger partial charge in [0, 0.05) is 6.54 Å². The molecule has 3 nitrogen and oxygen atoms in total. The molecule has 20 heavy (non-hydrogen) atoms. The fourth-order valence-corrected chi connectivity index (χ4v) is 2.53. The maximum atomic E-state index is 9.92. The first kappa shape index (κ1) is 12.9. The fraction of sp³-hybridized carbons (Fsp3) is 0.235. The number of fused-ring (bicyclic) bond motifs is 1. The van der Waals surface area contributed by atoms with Gasteiger partial charge in [-0.05, 0) is 31.0 Å². The third kappa shape index (κ3) is 2.45. The Morgan fingerprint density at radius 2 is 1.75 bits per heavy atom. The zero-order valence-electron chi connectivity index (χ0n) is 11.5. The van der Waals surface area contributed by atoms with Gasteiger partial charge in [0.15, 0.2) is 0 Å². The molecule has 0 aliphatic carbocycles. The number of para-hydroxylation sites is 2. The summed E-state index contributed by atoms with van der Waals surface area (Å²) in [6.45, 7) is 2.59. The van der Waals surface area contributed by atoms with Gasteiger partial charge in [0.05, 0.1) is 11.0 Å². The average Bonchev–Trinajstić information content (AvgIpc) is 2.85. The quantitative estimate of drug-likeness (QED) is 0.786. The van der Waals surface area contributed by atoms with E-state index in [9.17, 15) is 5.11 Å². The molecule has 0 bridgehead atoms. The van der Waals surface area contributed by atoms with E-state index in [0.29, 0.717) is 0 Å². The van der Waals surface area contributed by atoms with Crippen LogP contribution in [-0.4, -0.2) is 14.7 Å². The van der Waals surface area contributed by atoms with Crippen LogP contribution in [0.15, 0.2) is 54.6 Å². The Bertz CT molecular complexity index is 701. The molecule has 2 aromatic carbocycles. The molecule has 1 unspecified atom stereocenters. The third-order valence-corrected chi connectivity index (χ3v) is 3.52. The molecule has 3 rings (SSSR count). The first-order valence-electron chi connectivity index (χ1n) is 6.93. The van der Waals surface area contributed by atoms with E-state index in [0.717, 1.165) is 29.8 Å². The van der Waals surface area contributed by atoms with Crippen molar-refractivity contribution in [2.75, 3.05) is 0 Å². The van der Waals surface area contributed by atoms with Crippen molar-refractivity contribution in [3.8, 4) is 0 Å². The zero-order chi connectivity index (χ0) is 13.9. The van der Waals surface area contributed by atoms with Crippen LogP contribution < -0.4 is 0 Å². The second-order valence-electron chi connectivity index (χ2n) is 5.02. The minimum absolute atomic E-state index is 0.557. The number of nitrogens with zero attached hydrogens (tertiary/aromatic N) is 2. The largest absolute Gasteiger partial charge is 0.385 e. The van der Waals surface area contributed by atoms with Gasteiger partial charge in [0.2, 0.25) is 0 Å². The van der Waals surface area contributed by atoms with Gasteiger partial charge in [-0.1, -0.05) is 42.5 Å². The van der Waals surface area contributed by atoms with Gasteiger partial charge in [-0.3, -0.25) is 0 Å². The molecule has 3 aromatic rings. The number of aromatic nitrogens is 2. The van der Waals surface area contributed by atoms with Crippen LogP contribution in [-0.2, 0) is 13.0 Å². The number of aliphatic hydroxyl groups is 1. The van der Waals surface area contributed by atoms with Crippen LogP contribution >= 0.6 is 0 Å². The summed E-state index contributed by atoms with van der Waals surface area (Å²) >= 11 is 0. The summed E-state index contributed by atoms with van der Waals surface area (Å²) in [6.07, 6.45) is 0.374. The maximum Gasteiger partial charge on any atom is 0.138 e. The number of hydrogen-bond acceptors (Lipinski definition) is 2. The summed E-state index contributed by atoms with van der Waals surface area (Å²) in [4.78, 5) is 4.54. The molecule has 1 N–H and O–H groups in total. The van der Waals surface area contributed by atoms with Crippen molar-refractivity contribution < 1.29 is 5.11 Å². The molecule has 0 saturated carbocycles. The summed E-state index contributed by atoms with van der Waals surface area (Å²) in [5, 5.41) is 9.92. The molecule has 0 radical (unpaired) electrons. The van der Waals surface area contributed by atoms with Crippen molar-refractivity contribution in [2.45, 2.75) is 26.0 Å². The normalized spacial score (nSPS) is 12.7. The van der Waals surface area contributed by atoms with Gasteiger partial charge in [-0.15, -0.1) is 0 Å². The Morgan fingerprint density at radius 3 is 2.50 bits per heavy atom. The van der Waals surface area contributed by atoms with E-state index < -0.39 is 6.10 Å². The van der Waals surface area contributed by atoms with Gasteiger partial charge in [0.25, 0.3) is 0 Å². The van der Waals surface area contributed by atoms with Crippen molar-refractivity contribution >= 4 is 11.0 Å². The SMILES string of the molecule is CC(O)c1nc2ccccc2n1CCc1ccccc1. The van der Waals surface area contributed by atoms with Crippen LogP contribution in [0.25, 0.3) is 11.0 Å². The summed E-state index contributed by atoms with van der Waals surface area (Å²) in [7, 11) is 0. The molecule has 0 aliphatic heterocycles. The second-order valence-corrected chi connectivity index (χ2v) is 5.02. The maximum absolute atomic E-state index is 9.92. The van der Waals surface area contributed by atoms with E-state index >= 15 is 0 Å². The van der Waals surface area contributed by atoms with Crippen LogP contribution in [0, 0.1) is 0 Å². The van der Waals surface area contributed by atoms with Gasteiger partial charge >= 0.3 is 0 Å². The topological polar surface area (TPSA) is 38.1 Å². The molecule has 0 amide bonds. The van der Waals surface area contributed by atoms with E-state index in [1.807, 2.05) is 24.3 Å². The van der Waals surface area contributed by atoms with Crippen LogP contribution in [0.1, 0.15) is 24.4 Å². The van der Waals surface area contributed by atoms with Crippen molar-refractivity contribution in [1.82, 2.24) is 9.55 Å². The van der Waals surface area contributed by atoms with Crippen molar-refractivity contribution in [2.24, 2.45) is 0 Å². The van der Waals surface area contributed by atoms with Crippen LogP contribution in [0.5, 0.6) is 0 Å². The van der Waals surface area contributed by atoms with Crippen molar-refractivity contribution in [3.63, 3.8) is 0 Å². The summed E-state index contributed by atoms with van der Waals surface area (Å²) in [6, 6.07) is 18.4. The molecule has 1 heterocycles. The Morgan fingerprint density at radius 1 is 1.05 bits per heavy atom. The van der Waals surface area contributed by atoms with E-state index in [4.69, 9.17) is 0 Å².